The Hall–Kier alpha value is -3.33. The van der Waals surface area contributed by atoms with Gasteiger partial charge in [0.2, 0.25) is 6.79 Å². The smallest absolute Gasteiger partial charge is 0.263 e. The van der Waals surface area contributed by atoms with Crippen LogP contribution < -0.4 is 14.8 Å². The summed E-state index contributed by atoms with van der Waals surface area (Å²) in [7, 11) is 0. The predicted molar refractivity (Wildman–Crippen MR) is 116 cm³/mol. The maximum atomic E-state index is 12.7. The van der Waals surface area contributed by atoms with E-state index in [1.54, 1.807) is 30.5 Å². The molecule has 2 amide bonds. The van der Waals surface area contributed by atoms with Gasteiger partial charge in [0, 0.05) is 29.6 Å². The van der Waals surface area contributed by atoms with Gasteiger partial charge in [0.15, 0.2) is 11.5 Å². The number of anilines is 1. The molecule has 0 unspecified atom stereocenters. The standard InChI is InChI=1S/C22H22N4O4S/c1-14-2-5-19(31-14)22(28)25-10-7-16(8-11-25)26-20(6-9-23-26)24-21(27)15-3-4-17-18(12-15)30-13-29-17/h2-6,9,12,16H,7-8,10-11,13H2,1H3,(H,24,27). The van der Waals surface area contributed by atoms with Gasteiger partial charge in [-0.2, -0.15) is 5.10 Å². The molecule has 4 heterocycles. The van der Waals surface area contributed by atoms with Crippen molar-refractivity contribution in [2.24, 2.45) is 0 Å². The largest absolute Gasteiger partial charge is 0.454 e. The van der Waals surface area contributed by atoms with E-state index in [2.05, 4.69) is 10.4 Å². The molecule has 1 N–H and O–H groups in total. The molecule has 1 saturated heterocycles. The van der Waals surface area contributed by atoms with Gasteiger partial charge >= 0.3 is 0 Å². The van der Waals surface area contributed by atoms with Gasteiger partial charge in [-0.05, 0) is 50.1 Å². The van der Waals surface area contributed by atoms with E-state index < -0.39 is 0 Å². The van der Waals surface area contributed by atoms with Crippen LogP contribution in [0.1, 0.15) is 43.8 Å². The Morgan fingerprint density at radius 3 is 2.68 bits per heavy atom. The molecule has 5 rings (SSSR count). The molecular formula is C22H22N4O4S. The molecular weight excluding hydrogens is 416 g/mol. The van der Waals surface area contributed by atoms with E-state index in [9.17, 15) is 9.59 Å². The second kappa shape index (κ2) is 8.07. The minimum absolute atomic E-state index is 0.0911. The lowest BCUT2D eigenvalue weighted by molar-refractivity contribution is 0.0696. The van der Waals surface area contributed by atoms with Gasteiger partial charge in [-0.15, -0.1) is 11.3 Å². The highest BCUT2D eigenvalue weighted by Gasteiger charge is 2.27. The fourth-order valence-corrected chi connectivity index (χ4v) is 4.78. The summed E-state index contributed by atoms with van der Waals surface area (Å²) >= 11 is 1.53. The molecule has 1 fully saturated rings. The van der Waals surface area contributed by atoms with Crippen molar-refractivity contribution in [2.45, 2.75) is 25.8 Å². The molecule has 0 atom stereocenters. The van der Waals surface area contributed by atoms with E-state index >= 15 is 0 Å². The summed E-state index contributed by atoms with van der Waals surface area (Å²) in [6, 6.07) is 10.9. The Bertz CT molecular complexity index is 1130. The van der Waals surface area contributed by atoms with Crippen molar-refractivity contribution in [2.75, 3.05) is 25.2 Å². The number of benzene rings is 1. The highest BCUT2D eigenvalue weighted by molar-refractivity contribution is 7.13. The van der Waals surface area contributed by atoms with Crippen molar-refractivity contribution in [3.05, 3.63) is 57.9 Å². The van der Waals surface area contributed by atoms with Gasteiger partial charge in [-0.3, -0.25) is 9.59 Å². The number of hydrogen-bond acceptors (Lipinski definition) is 6. The SMILES string of the molecule is Cc1ccc(C(=O)N2CCC(n3nccc3NC(=O)c3ccc4c(c3)OCO4)CC2)s1. The number of thiophene rings is 1. The molecule has 0 saturated carbocycles. The van der Waals surface area contributed by atoms with E-state index in [1.807, 2.05) is 28.6 Å². The van der Waals surface area contributed by atoms with E-state index in [4.69, 9.17) is 9.47 Å². The van der Waals surface area contributed by atoms with Gasteiger partial charge in [0.25, 0.3) is 11.8 Å². The number of piperidine rings is 1. The Labute approximate surface area is 183 Å². The van der Waals surface area contributed by atoms with Crippen LogP contribution in [-0.4, -0.2) is 46.4 Å². The number of hydrogen-bond donors (Lipinski definition) is 1. The number of amides is 2. The summed E-state index contributed by atoms with van der Waals surface area (Å²) in [5.74, 6) is 1.70. The molecule has 0 spiro atoms. The van der Waals surface area contributed by atoms with Gasteiger partial charge in [-0.25, -0.2) is 4.68 Å². The number of nitrogens with zero attached hydrogens (tertiary/aromatic N) is 3. The molecule has 160 valence electrons. The zero-order chi connectivity index (χ0) is 21.4. The summed E-state index contributed by atoms with van der Waals surface area (Å²) < 4.78 is 12.5. The summed E-state index contributed by atoms with van der Waals surface area (Å²) in [5.41, 5.74) is 0.489. The highest BCUT2D eigenvalue weighted by atomic mass is 32.1. The van der Waals surface area contributed by atoms with Crippen molar-refractivity contribution >= 4 is 29.0 Å². The number of rotatable bonds is 4. The molecule has 0 aliphatic carbocycles. The molecule has 9 heteroatoms. The lowest BCUT2D eigenvalue weighted by atomic mass is 10.0. The topological polar surface area (TPSA) is 85.7 Å². The van der Waals surface area contributed by atoms with Crippen LogP contribution in [0.4, 0.5) is 5.82 Å². The molecule has 0 bridgehead atoms. The maximum absolute atomic E-state index is 12.7. The number of aryl methyl sites for hydroxylation is 1. The third kappa shape index (κ3) is 3.88. The van der Waals surface area contributed by atoms with E-state index in [1.165, 1.54) is 11.3 Å². The van der Waals surface area contributed by atoms with Crippen LogP contribution in [0, 0.1) is 6.92 Å². The second-order valence-corrected chi connectivity index (χ2v) is 8.90. The van der Waals surface area contributed by atoms with Gasteiger partial charge < -0.3 is 19.7 Å². The fraction of sp³-hybridized carbons (Fsp3) is 0.318. The van der Waals surface area contributed by atoms with Crippen LogP contribution in [0.2, 0.25) is 0 Å². The Morgan fingerprint density at radius 1 is 1.10 bits per heavy atom. The summed E-state index contributed by atoms with van der Waals surface area (Å²) in [4.78, 5) is 29.3. The number of likely N-dealkylation sites (tertiary alicyclic amines) is 1. The average molecular weight is 439 g/mol. The normalized spacial score (nSPS) is 15.8. The first-order valence-corrected chi connectivity index (χ1v) is 11.0. The van der Waals surface area contributed by atoms with Crippen LogP contribution >= 0.6 is 11.3 Å². The molecule has 0 radical (unpaired) electrons. The van der Waals surface area contributed by atoms with E-state index in [0.717, 1.165) is 22.6 Å². The molecule has 2 aromatic heterocycles. The fourth-order valence-electron chi connectivity index (χ4n) is 3.95. The van der Waals surface area contributed by atoms with Gasteiger partial charge in [0.1, 0.15) is 5.82 Å². The van der Waals surface area contributed by atoms with Crippen LogP contribution in [-0.2, 0) is 0 Å². The van der Waals surface area contributed by atoms with Crippen molar-refractivity contribution in [3.63, 3.8) is 0 Å². The number of aromatic nitrogens is 2. The van der Waals surface area contributed by atoms with Gasteiger partial charge in [-0.1, -0.05) is 0 Å². The Morgan fingerprint density at radius 2 is 1.90 bits per heavy atom. The van der Waals surface area contributed by atoms with E-state index in [-0.39, 0.29) is 24.6 Å². The lowest BCUT2D eigenvalue weighted by Crippen LogP contribution is -2.39. The summed E-state index contributed by atoms with van der Waals surface area (Å²) in [6.07, 6.45) is 3.25. The third-order valence-electron chi connectivity index (χ3n) is 5.60. The highest BCUT2D eigenvalue weighted by Crippen LogP contribution is 2.33. The molecule has 8 nitrogen and oxygen atoms in total. The molecule has 3 aromatic rings. The van der Waals surface area contributed by atoms with E-state index in [0.29, 0.717) is 36.0 Å². The van der Waals surface area contributed by atoms with Crippen LogP contribution in [0.5, 0.6) is 11.5 Å². The predicted octanol–water partition coefficient (Wildman–Crippen LogP) is 3.71. The van der Waals surface area contributed by atoms with Gasteiger partial charge in [0.05, 0.1) is 17.1 Å². The maximum Gasteiger partial charge on any atom is 0.263 e. The van der Waals surface area contributed by atoms with Crippen LogP contribution in [0.15, 0.2) is 42.6 Å². The molecule has 31 heavy (non-hydrogen) atoms. The van der Waals surface area contributed by atoms with Crippen molar-refractivity contribution in [3.8, 4) is 11.5 Å². The summed E-state index contributed by atoms with van der Waals surface area (Å²) in [6.45, 7) is 3.50. The minimum atomic E-state index is -0.235. The molecule has 2 aliphatic rings. The third-order valence-corrected chi connectivity index (χ3v) is 6.58. The number of fused-ring (bicyclic) bond motifs is 1. The number of carbonyl (C=O) groups is 2. The monoisotopic (exact) mass is 438 g/mol. The quantitative estimate of drug-likeness (QED) is 0.671. The lowest BCUT2D eigenvalue weighted by Gasteiger charge is -2.32. The second-order valence-electron chi connectivity index (χ2n) is 7.62. The average Bonchev–Trinajstić information content (AvgIpc) is 3.53. The first-order valence-electron chi connectivity index (χ1n) is 10.2. The Balaban J connectivity index is 1.23. The van der Waals surface area contributed by atoms with Crippen LogP contribution in [0.3, 0.4) is 0 Å². The Kier molecular flexibility index (Phi) is 5.11. The minimum Gasteiger partial charge on any atom is -0.454 e. The summed E-state index contributed by atoms with van der Waals surface area (Å²) in [5, 5.41) is 7.38. The zero-order valence-corrected chi connectivity index (χ0v) is 17.9. The number of nitrogens with one attached hydrogen (secondary N) is 1. The number of carbonyl (C=O) groups excluding carboxylic acids is 2. The molecule has 1 aromatic carbocycles. The first kappa shape index (κ1) is 19.6. The van der Waals surface area contributed by atoms with Crippen molar-refractivity contribution < 1.29 is 19.1 Å². The number of ether oxygens (including phenoxy) is 2. The van der Waals surface area contributed by atoms with Crippen molar-refractivity contribution in [1.82, 2.24) is 14.7 Å². The van der Waals surface area contributed by atoms with Crippen LogP contribution in [0.25, 0.3) is 0 Å². The molecule has 2 aliphatic heterocycles. The first-order chi connectivity index (χ1) is 15.1. The van der Waals surface area contributed by atoms with Crippen molar-refractivity contribution in [1.29, 1.82) is 0 Å². The zero-order valence-electron chi connectivity index (χ0n) is 17.0.